The van der Waals surface area contributed by atoms with Gasteiger partial charge in [0.1, 0.15) is 11.8 Å². The molecule has 1 aliphatic carbocycles. The van der Waals surface area contributed by atoms with Gasteiger partial charge in [0, 0.05) is 34.1 Å². The average Bonchev–Trinajstić information content (AvgIpc) is 2.86. The van der Waals surface area contributed by atoms with E-state index in [9.17, 15) is 24.3 Å². The average molecular weight is 539 g/mol. The number of hydrogen-bond acceptors (Lipinski definition) is 6. The SMILES string of the molecule is C=CC1=C2NC(=O)/C(C)=C/C=C\[C@H](C)[C@@H](OC(N)=O)/C(C)=C/[C@H](C)[C@@H](O)[C@@H](C)C[C@H](C)CC(=C(C)C1=O)C2=O. The van der Waals surface area contributed by atoms with Crippen LogP contribution in [0.3, 0.4) is 0 Å². The number of amides is 2. The number of rotatable bonds is 2. The number of fused-ring (bicyclic) bond motifs is 2. The van der Waals surface area contributed by atoms with Gasteiger partial charge in [0.15, 0.2) is 5.78 Å². The smallest absolute Gasteiger partial charge is 0.405 e. The normalized spacial score (nSPS) is 33.5. The van der Waals surface area contributed by atoms with Crippen molar-refractivity contribution in [3.63, 3.8) is 0 Å². The van der Waals surface area contributed by atoms with Gasteiger partial charge < -0.3 is 20.9 Å². The molecule has 0 saturated carbocycles. The van der Waals surface area contributed by atoms with Crippen LogP contribution in [0.2, 0.25) is 0 Å². The summed E-state index contributed by atoms with van der Waals surface area (Å²) in [7, 11) is 0. The number of nitrogens with two attached hydrogens (primary N) is 1. The maximum Gasteiger partial charge on any atom is 0.405 e. The minimum absolute atomic E-state index is 0.0326. The summed E-state index contributed by atoms with van der Waals surface area (Å²) in [5, 5.41) is 13.7. The van der Waals surface area contributed by atoms with Crippen LogP contribution in [0.4, 0.5) is 4.79 Å². The van der Waals surface area contributed by atoms with Crippen molar-refractivity contribution in [1.82, 2.24) is 5.32 Å². The third kappa shape index (κ3) is 7.76. The Bertz CT molecular complexity index is 1190. The number of primary amides is 1. The number of allylic oxidation sites excluding steroid dienone is 6. The Labute approximate surface area is 231 Å². The Morgan fingerprint density at radius 2 is 1.74 bits per heavy atom. The summed E-state index contributed by atoms with van der Waals surface area (Å²) in [6, 6.07) is 0. The number of nitrogens with one attached hydrogen (secondary N) is 1. The third-order valence-corrected chi connectivity index (χ3v) is 7.51. The van der Waals surface area contributed by atoms with E-state index >= 15 is 0 Å². The molecule has 2 rings (SSSR count). The summed E-state index contributed by atoms with van der Waals surface area (Å²) in [4.78, 5) is 51.2. The molecule has 212 valence electrons. The predicted molar refractivity (Wildman–Crippen MR) is 151 cm³/mol. The van der Waals surface area contributed by atoms with Gasteiger partial charge in [-0.3, -0.25) is 14.4 Å². The van der Waals surface area contributed by atoms with Gasteiger partial charge >= 0.3 is 6.09 Å². The summed E-state index contributed by atoms with van der Waals surface area (Å²) >= 11 is 0. The van der Waals surface area contributed by atoms with Gasteiger partial charge in [-0.25, -0.2) is 4.79 Å². The van der Waals surface area contributed by atoms with Crippen molar-refractivity contribution in [3.8, 4) is 0 Å². The highest BCUT2D eigenvalue weighted by molar-refractivity contribution is 6.27. The summed E-state index contributed by atoms with van der Waals surface area (Å²) < 4.78 is 5.40. The molecule has 8 heteroatoms. The fraction of sp³-hybridized carbons (Fsp3) is 0.484. The molecule has 2 amide bonds. The fourth-order valence-electron chi connectivity index (χ4n) is 5.30. The van der Waals surface area contributed by atoms with Crippen molar-refractivity contribution in [2.24, 2.45) is 29.4 Å². The lowest BCUT2D eigenvalue weighted by atomic mass is 9.79. The lowest BCUT2D eigenvalue weighted by molar-refractivity contribution is -0.120. The summed E-state index contributed by atoms with van der Waals surface area (Å²) in [5.74, 6) is -1.98. The quantitative estimate of drug-likeness (QED) is 0.347. The van der Waals surface area contributed by atoms with E-state index < -0.39 is 30.0 Å². The second-order valence-corrected chi connectivity index (χ2v) is 10.9. The molecule has 0 radical (unpaired) electrons. The van der Waals surface area contributed by atoms with Gasteiger partial charge in [0.2, 0.25) is 5.78 Å². The molecule has 1 heterocycles. The van der Waals surface area contributed by atoms with Crippen LogP contribution in [0.5, 0.6) is 0 Å². The van der Waals surface area contributed by atoms with Crippen molar-refractivity contribution in [2.45, 2.75) is 73.5 Å². The van der Waals surface area contributed by atoms with E-state index in [1.807, 2.05) is 40.7 Å². The first-order valence-corrected chi connectivity index (χ1v) is 13.3. The van der Waals surface area contributed by atoms with E-state index in [0.29, 0.717) is 29.6 Å². The van der Waals surface area contributed by atoms with E-state index in [4.69, 9.17) is 10.5 Å². The molecule has 0 unspecified atom stereocenters. The Kier molecular flexibility index (Phi) is 11.0. The van der Waals surface area contributed by atoms with Crippen molar-refractivity contribution in [1.29, 1.82) is 0 Å². The minimum atomic E-state index is -0.908. The zero-order valence-electron chi connectivity index (χ0n) is 24.0. The van der Waals surface area contributed by atoms with Crippen LogP contribution in [0.25, 0.3) is 0 Å². The predicted octanol–water partition coefficient (Wildman–Crippen LogP) is 4.62. The number of Topliss-reactive ketones (excluding diaryl/α,β-unsaturated/α-hetero) is 2. The Morgan fingerprint density at radius 1 is 1.10 bits per heavy atom. The molecule has 0 aromatic rings. The van der Waals surface area contributed by atoms with Crippen LogP contribution >= 0.6 is 0 Å². The molecule has 0 saturated heterocycles. The van der Waals surface area contributed by atoms with E-state index in [1.165, 1.54) is 6.08 Å². The zero-order chi connectivity index (χ0) is 29.6. The van der Waals surface area contributed by atoms with Crippen molar-refractivity contribution in [2.75, 3.05) is 0 Å². The molecular formula is C31H42N2O6. The van der Waals surface area contributed by atoms with Crippen LogP contribution in [-0.2, 0) is 19.1 Å². The van der Waals surface area contributed by atoms with E-state index in [0.717, 1.165) is 5.57 Å². The fourth-order valence-corrected chi connectivity index (χ4v) is 5.30. The second kappa shape index (κ2) is 13.5. The van der Waals surface area contributed by atoms with Crippen molar-refractivity contribution < 1.29 is 29.0 Å². The van der Waals surface area contributed by atoms with Crippen LogP contribution < -0.4 is 11.1 Å². The Hall–Kier alpha value is -3.52. The molecule has 4 N–H and O–H groups in total. The maximum absolute atomic E-state index is 13.5. The number of carbonyl (C=O) groups is 4. The van der Waals surface area contributed by atoms with Crippen LogP contribution in [0, 0.1) is 23.7 Å². The van der Waals surface area contributed by atoms with Crippen LogP contribution in [0.15, 0.2) is 70.5 Å². The summed E-state index contributed by atoms with van der Waals surface area (Å²) in [5.41, 5.74) is 7.08. The molecular weight excluding hydrogens is 496 g/mol. The van der Waals surface area contributed by atoms with Gasteiger partial charge in [0.25, 0.3) is 5.91 Å². The second-order valence-electron chi connectivity index (χ2n) is 10.9. The Balaban J connectivity index is 2.59. The van der Waals surface area contributed by atoms with E-state index in [2.05, 4.69) is 11.9 Å². The molecule has 2 aliphatic rings. The first kappa shape index (κ1) is 31.7. The zero-order valence-corrected chi connectivity index (χ0v) is 24.0. The van der Waals surface area contributed by atoms with Crippen LogP contribution in [0.1, 0.15) is 61.3 Å². The maximum atomic E-state index is 13.5. The Morgan fingerprint density at radius 3 is 2.33 bits per heavy atom. The monoisotopic (exact) mass is 538 g/mol. The third-order valence-electron chi connectivity index (χ3n) is 7.51. The highest BCUT2D eigenvalue weighted by atomic mass is 16.6. The van der Waals surface area contributed by atoms with E-state index in [1.54, 1.807) is 32.1 Å². The largest absolute Gasteiger partial charge is 0.441 e. The molecule has 0 fully saturated rings. The number of ether oxygens (including phenoxy) is 1. The van der Waals surface area contributed by atoms with Gasteiger partial charge in [-0.05, 0) is 51.0 Å². The number of hydrogen-bond donors (Lipinski definition) is 3. The topological polar surface area (TPSA) is 136 Å². The highest BCUT2D eigenvalue weighted by Crippen LogP contribution is 2.32. The van der Waals surface area contributed by atoms with Gasteiger partial charge in [-0.1, -0.05) is 64.7 Å². The minimum Gasteiger partial charge on any atom is -0.441 e. The van der Waals surface area contributed by atoms with Gasteiger partial charge in [-0.15, -0.1) is 0 Å². The number of aliphatic hydroxyl groups is 1. The number of carbonyl (C=O) groups excluding carboxylic acids is 4. The lowest BCUT2D eigenvalue weighted by Gasteiger charge is -2.28. The molecule has 6 atom stereocenters. The van der Waals surface area contributed by atoms with Crippen LogP contribution in [-0.4, -0.2) is 40.9 Å². The summed E-state index contributed by atoms with van der Waals surface area (Å²) in [6.07, 6.45) is 6.84. The first-order valence-electron chi connectivity index (χ1n) is 13.3. The van der Waals surface area contributed by atoms with Crippen molar-refractivity contribution >= 4 is 23.6 Å². The van der Waals surface area contributed by atoms with Gasteiger partial charge in [-0.2, -0.15) is 0 Å². The molecule has 0 aromatic carbocycles. The highest BCUT2D eigenvalue weighted by Gasteiger charge is 2.34. The van der Waals surface area contributed by atoms with Gasteiger partial charge in [0.05, 0.1) is 6.10 Å². The summed E-state index contributed by atoms with van der Waals surface area (Å²) in [6.45, 7) is 16.4. The standard InChI is InChI=1S/C31H42N2O6/c1-9-23-25-28(36)24(22(8)27(23)35)14-16(2)13-19(5)26(34)20(6)15-21(7)29(39-31(32)38)17(3)11-10-12-18(4)30(37)33-25/h9-12,15-17,19-20,26,29,34H,1,13-14H2,2-8H3,(H2,32,38)(H,33,37)/b11-10-,18-12+,21-15+/t16-,17-,19-,20-,26-,29+/m0/s1. The molecule has 2 bridgehead atoms. The molecule has 39 heavy (non-hydrogen) atoms. The molecule has 0 spiro atoms. The molecule has 8 nitrogen and oxygen atoms in total. The number of ketones is 2. The van der Waals surface area contributed by atoms with E-state index in [-0.39, 0.29) is 40.7 Å². The molecule has 1 aliphatic heterocycles. The number of aliphatic hydroxyl groups excluding tert-OH is 1. The molecule has 0 aromatic heterocycles. The first-order chi connectivity index (χ1) is 18.2. The van der Waals surface area contributed by atoms with Crippen molar-refractivity contribution in [3.05, 3.63) is 70.5 Å². The lowest BCUT2D eigenvalue weighted by Crippen LogP contribution is -2.35.